The maximum Gasteiger partial charge on any atom is 0.115 e. The molecule has 0 N–H and O–H groups in total. The van der Waals surface area contributed by atoms with E-state index in [1.807, 2.05) is 77.5 Å². The molecule has 5 nitrogen and oxygen atoms in total. The molecule has 0 bridgehead atoms. The fourth-order valence-electron chi connectivity index (χ4n) is 1.42. The first kappa shape index (κ1) is 23.3. The lowest BCUT2D eigenvalue weighted by atomic mass is 10.5. The van der Waals surface area contributed by atoms with Gasteiger partial charge in [0.05, 0.1) is 0 Å². The molecule has 0 aliphatic heterocycles. The molecule has 0 aliphatic carbocycles. The fraction of sp³-hybridized carbons (Fsp3) is 0. The highest BCUT2D eigenvalue weighted by Crippen LogP contribution is 1.91. The van der Waals surface area contributed by atoms with Crippen LogP contribution in [0.5, 0.6) is 0 Å². The van der Waals surface area contributed by atoms with Gasteiger partial charge in [-0.15, -0.1) is 0 Å². The summed E-state index contributed by atoms with van der Waals surface area (Å²) in [5, 5.41) is 4.08. The molecule has 6 heteroatoms. The van der Waals surface area contributed by atoms with E-state index < -0.39 is 0 Å². The molecule has 0 unspecified atom stereocenters. The summed E-state index contributed by atoms with van der Waals surface area (Å²) in [4.78, 5) is 18.7. The van der Waals surface area contributed by atoms with Crippen molar-refractivity contribution >= 4 is 11.3 Å². The van der Waals surface area contributed by atoms with Gasteiger partial charge in [-0.25, -0.2) is 9.97 Å². The van der Waals surface area contributed by atoms with E-state index in [0.29, 0.717) is 0 Å². The molecule has 0 atom stereocenters. The van der Waals surface area contributed by atoms with Crippen LogP contribution in [-0.4, -0.2) is 24.9 Å². The van der Waals surface area contributed by atoms with Gasteiger partial charge in [0, 0.05) is 49.6 Å². The van der Waals surface area contributed by atoms with Gasteiger partial charge in [-0.05, 0) is 53.2 Å². The Kier molecular flexibility index (Phi) is 16.5. The van der Waals surface area contributed by atoms with Crippen molar-refractivity contribution in [3.8, 4) is 0 Å². The third-order valence-corrected chi connectivity index (χ3v) is 3.23. The molecule has 5 heterocycles. The van der Waals surface area contributed by atoms with E-state index in [1.54, 1.807) is 67.0 Å². The van der Waals surface area contributed by atoms with Crippen LogP contribution in [0, 0.1) is 0 Å². The quantitative estimate of drug-likeness (QED) is 0.344. The molecule has 0 saturated heterocycles. The van der Waals surface area contributed by atoms with Crippen LogP contribution in [-0.2, 0) is 0 Å². The second kappa shape index (κ2) is 20.5. The summed E-state index contributed by atoms with van der Waals surface area (Å²) in [6.45, 7) is 0. The Labute approximate surface area is 175 Å². The largest absolute Gasteiger partial charge is 0.265 e. The summed E-state index contributed by atoms with van der Waals surface area (Å²) < 4.78 is 0. The monoisotopic (exact) mass is 401 g/mol. The Morgan fingerprint density at radius 3 is 0.759 bits per heavy atom. The lowest BCUT2D eigenvalue weighted by molar-refractivity contribution is 1.17. The van der Waals surface area contributed by atoms with Gasteiger partial charge < -0.3 is 0 Å². The average Bonchev–Trinajstić information content (AvgIpc) is 3.45. The van der Waals surface area contributed by atoms with Gasteiger partial charge in [0.2, 0.25) is 0 Å². The number of rotatable bonds is 0. The number of nitrogens with zero attached hydrogens (tertiary/aromatic N) is 5. The van der Waals surface area contributed by atoms with Crippen LogP contribution in [0.4, 0.5) is 0 Å². The zero-order chi connectivity index (χ0) is 20.5. The van der Waals surface area contributed by atoms with Gasteiger partial charge in [0.15, 0.2) is 0 Å². The van der Waals surface area contributed by atoms with Gasteiger partial charge in [-0.2, -0.15) is 11.3 Å². The molecule has 0 aliphatic rings. The van der Waals surface area contributed by atoms with Crippen LogP contribution in [0.15, 0.2) is 139 Å². The van der Waals surface area contributed by atoms with Crippen LogP contribution >= 0.6 is 11.3 Å². The number of hydrogen-bond donors (Lipinski definition) is 0. The second-order valence-electron chi connectivity index (χ2n) is 4.77. The molecule has 0 amide bonds. The molecule has 0 spiro atoms. The Bertz CT molecular complexity index is 597. The zero-order valence-corrected chi connectivity index (χ0v) is 16.7. The summed E-state index contributed by atoms with van der Waals surface area (Å²) in [6, 6.07) is 23.0. The molecule has 5 rings (SSSR count). The summed E-state index contributed by atoms with van der Waals surface area (Å²) in [7, 11) is 0. The normalized spacial score (nSPS) is 8.00. The molecule has 5 aromatic rings. The van der Waals surface area contributed by atoms with Gasteiger partial charge >= 0.3 is 0 Å². The Morgan fingerprint density at radius 2 is 0.655 bits per heavy atom. The van der Waals surface area contributed by atoms with Crippen molar-refractivity contribution in [2.24, 2.45) is 0 Å². The second-order valence-corrected chi connectivity index (χ2v) is 5.59. The van der Waals surface area contributed by atoms with Crippen molar-refractivity contribution in [3.63, 3.8) is 0 Å². The third kappa shape index (κ3) is 18.8. The van der Waals surface area contributed by atoms with Crippen LogP contribution in [0.2, 0.25) is 0 Å². The molecule has 0 saturated carbocycles. The first-order valence-electron chi connectivity index (χ1n) is 8.72. The van der Waals surface area contributed by atoms with E-state index in [1.165, 1.54) is 6.33 Å². The van der Waals surface area contributed by atoms with Gasteiger partial charge in [0.25, 0.3) is 0 Å². The molecule has 29 heavy (non-hydrogen) atoms. The zero-order valence-electron chi connectivity index (χ0n) is 15.9. The van der Waals surface area contributed by atoms with Gasteiger partial charge in [0.1, 0.15) is 6.33 Å². The first-order chi connectivity index (χ1) is 14.5. The van der Waals surface area contributed by atoms with Crippen molar-refractivity contribution in [3.05, 3.63) is 139 Å². The molecular formula is C23H23N5S. The fourth-order valence-corrected chi connectivity index (χ4v) is 1.87. The highest BCUT2D eigenvalue weighted by molar-refractivity contribution is 7.07. The van der Waals surface area contributed by atoms with Crippen molar-refractivity contribution in [1.29, 1.82) is 0 Å². The average molecular weight is 402 g/mol. The van der Waals surface area contributed by atoms with E-state index in [4.69, 9.17) is 0 Å². The first-order valence-corrected chi connectivity index (χ1v) is 9.66. The lowest BCUT2D eigenvalue weighted by Crippen LogP contribution is -1.66. The molecule has 146 valence electrons. The number of thiophene rings is 1. The molecule has 0 fully saturated rings. The van der Waals surface area contributed by atoms with Crippen LogP contribution in [0.25, 0.3) is 0 Å². The van der Waals surface area contributed by atoms with Gasteiger partial charge in [-0.3, -0.25) is 15.0 Å². The Hall–Kier alpha value is -3.77. The molecule has 0 radical (unpaired) electrons. The van der Waals surface area contributed by atoms with Crippen molar-refractivity contribution < 1.29 is 0 Å². The molecule has 5 aromatic heterocycles. The van der Waals surface area contributed by atoms with Crippen molar-refractivity contribution in [2.75, 3.05) is 0 Å². The van der Waals surface area contributed by atoms with E-state index >= 15 is 0 Å². The highest BCUT2D eigenvalue weighted by Gasteiger charge is 1.61. The van der Waals surface area contributed by atoms with E-state index in [2.05, 4.69) is 24.9 Å². The van der Waals surface area contributed by atoms with E-state index in [0.717, 1.165) is 0 Å². The number of aromatic nitrogens is 5. The SMILES string of the molecule is c1ccncc1.c1ccncc1.c1ccncc1.c1ccsc1.c1cncnc1. The Morgan fingerprint density at radius 1 is 0.310 bits per heavy atom. The molecular weight excluding hydrogens is 378 g/mol. The van der Waals surface area contributed by atoms with Gasteiger partial charge in [-0.1, -0.05) is 30.3 Å². The van der Waals surface area contributed by atoms with E-state index in [-0.39, 0.29) is 0 Å². The minimum Gasteiger partial charge on any atom is -0.265 e. The third-order valence-electron chi connectivity index (χ3n) is 2.60. The summed E-state index contributed by atoms with van der Waals surface area (Å²) in [5.74, 6) is 0. The standard InChI is InChI=1S/3C5H5N.C4H4N2.C4H4S/c3*1-2-4-6-5-3-1;1-2-5-4-6-3-1;1-2-4-5-3-1/h3*1-5H;1-4H;1-4H. The minimum absolute atomic E-state index is 1.50. The maximum atomic E-state index is 3.78. The summed E-state index contributed by atoms with van der Waals surface area (Å²) >= 11 is 1.71. The number of pyridine rings is 3. The molecule has 0 aromatic carbocycles. The lowest BCUT2D eigenvalue weighted by Gasteiger charge is -1.70. The highest BCUT2D eigenvalue weighted by atomic mass is 32.1. The maximum absolute atomic E-state index is 3.78. The Balaban J connectivity index is 0.000000182. The van der Waals surface area contributed by atoms with Crippen molar-refractivity contribution in [2.45, 2.75) is 0 Å². The number of hydrogen-bond acceptors (Lipinski definition) is 6. The summed E-state index contributed by atoms with van der Waals surface area (Å²) in [6.07, 6.45) is 15.4. The predicted octanol–water partition coefficient (Wildman–Crippen LogP) is 5.47. The summed E-state index contributed by atoms with van der Waals surface area (Å²) in [5.41, 5.74) is 0. The topological polar surface area (TPSA) is 64.5 Å². The van der Waals surface area contributed by atoms with Crippen molar-refractivity contribution in [1.82, 2.24) is 24.9 Å². The van der Waals surface area contributed by atoms with Crippen LogP contribution in [0.1, 0.15) is 0 Å². The smallest absolute Gasteiger partial charge is 0.115 e. The van der Waals surface area contributed by atoms with E-state index in [9.17, 15) is 0 Å². The van der Waals surface area contributed by atoms with Crippen LogP contribution in [0.3, 0.4) is 0 Å². The predicted molar refractivity (Wildman–Crippen MR) is 119 cm³/mol. The van der Waals surface area contributed by atoms with Crippen LogP contribution < -0.4 is 0 Å². The minimum atomic E-state index is 1.50.